The van der Waals surface area contributed by atoms with E-state index in [2.05, 4.69) is 13.8 Å². The lowest BCUT2D eigenvalue weighted by molar-refractivity contribution is -0.153. The maximum atomic E-state index is 12.5. The second-order valence-corrected chi connectivity index (χ2v) is 15.4. The maximum absolute atomic E-state index is 12.5. The van der Waals surface area contributed by atoms with E-state index in [0.29, 0.717) is 6.42 Å². The molecule has 49 heavy (non-hydrogen) atoms. The molecule has 0 fully saturated rings. The second kappa shape index (κ2) is 38.3. The predicted octanol–water partition coefficient (Wildman–Crippen LogP) is 12.3. The van der Waals surface area contributed by atoms with Gasteiger partial charge in [-0.2, -0.15) is 0 Å². The molecule has 0 saturated carbocycles. The Morgan fingerprint density at radius 3 is 1.45 bits per heavy atom. The molecule has 1 unspecified atom stereocenters. The van der Waals surface area contributed by atoms with Crippen LogP contribution in [0.5, 0.6) is 0 Å². The van der Waals surface area contributed by atoms with Crippen LogP contribution in [0.15, 0.2) is 12.3 Å². The van der Waals surface area contributed by atoms with Crippen molar-refractivity contribution in [1.82, 2.24) is 0 Å². The molecule has 2 atom stereocenters. The minimum Gasteiger partial charge on any atom is -0.498 e. The summed E-state index contributed by atoms with van der Waals surface area (Å²) in [6.45, 7) is 4.26. The Hall–Kier alpha value is -0.920. The second-order valence-electron chi connectivity index (χ2n) is 13.9. The van der Waals surface area contributed by atoms with Crippen LogP contribution in [0.3, 0.4) is 0 Å². The van der Waals surface area contributed by atoms with E-state index in [1.54, 1.807) is 6.26 Å². The van der Waals surface area contributed by atoms with Crippen LogP contribution in [0.4, 0.5) is 0 Å². The highest BCUT2D eigenvalue weighted by atomic mass is 31.2. The van der Waals surface area contributed by atoms with Crippen LogP contribution in [-0.4, -0.2) is 43.3 Å². The first kappa shape index (κ1) is 48.1. The predicted molar refractivity (Wildman–Crippen MR) is 206 cm³/mol. The number of esters is 1. The number of hydrogen-bond donors (Lipinski definition) is 2. The monoisotopic (exact) mass is 718 g/mol. The third-order valence-electron chi connectivity index (χ3n) is 9.03. The first-order valence-corrected chi connectivity index (χ1v) is 22.2. The Balaban J connectivity index is 4.04. The number of allylic oxidation sites excluding steroid dienone is 1. The van der Waals surface area contributed by atoms with Gasteiger partial charge in [0.15, 0.2) is 6.10 Å². The number of carbonyl (C=O) groups is 1. The van der Waals surface area contributed by atoms with Gasteiger partial charge in [-0.25, -0.2) is 4.57 Å². The fraction of sp³-hybridized carbons (Fsp3) is 0.925. The summed E-state index contributed by atoms with van der Waals surface area (Å²) in [6, 6.07) is 0. The summed E-state index contributed by atoms with van der Waals surface area (Å²) < 4.78 is 33.1. The molecular weight excluding hydrogens is 637 g/mol. The Kier molecular flexibility index (Phi) is 37.6. The number of ether oxygens (including phenoxy) is 2. The first-order chi connectivity index (χ1) is 23.9. The molecule has 3 N–H and O–H groups in total. The van der Waals surface area contributed by atoms with Gasteiger partial charge in [-0.1, -0.05) is 181 Å². The van der Waals surface area contributed by atoms with Gasteiger partial charge in [0.2, 0.25) is 0 Å². The molecule has 0 rings (SSSR count). The third kappa shape index (κ3) is 38.1. The van der Waals surface area contributed by atoms with Gasteiger partial charge in [0.05, 0.1) is 19.5 Å². The van der Waals surface area contributed by atoms with Gasteiger partial charge >= 0.3 is 13.8 Å². The number of carbonyl (C=O) groups excluding carboxylic acids is 1. The summed E-state index contributed by atoms with van der Waals surface area (Å²) in [6.07, 6.45) is 40.3. The van der Waals surface area contributed by atoms with E-state index >= 15 is 0 Å². The van der Waals surface area contributed by atoms with Crippen molar-refractivity contribution in [2.75, 3.05) is 26.4 Å². The van der Waals surface area contributed by atoms with E-state index in [4.69, 9.17) is 24.3 Å². The van der Waals surface area contributed by atoms with Crippen molar-refractivity contribution in [3.63, 3.8) is 0 Å². The van der Waals surface area contributed by atoms with E-state index in [-0.39, 0.29) is 32.3 Å². The van der Waals surface area contributed by atoms with Crippen LogP contribution < -0.4 is 5.73 Å². The van der Waals surface area contributed by atoms with Gasteiger partial charge in [-0.05, 0) is 25.3 Å². The molecule has 8 nitrogen and oxygen atoms in total. The number of phosphoric acid groups is 1. The zero-order chi connectivity index (χ0) is 35.9. The summed E-state index contributed by atoms with van der Waals surface area (Å²) in [4.78, 5) is 22.4. The van der Waals surface area contributed by atoms with Crippen molar-refractivity contribution in [2.24, 2.45) is 5.73 Å². The maximum Gasteiger partial charge on any atom is 0.472 e. The Morgan fingerprint density at radius 1 is 0.612 bits per heavy atom. The van der Waals surface area contributed by atoms with Crippen molar-refractivity contribution in [2.45, 2.75) is 213 Å². The molecule has 0 amide bonds. The summed E-state index contributed by atoms with van der Waals surface area (Å²) in [7, 11) is -4.28. The molecule has 0 aliphatic rings. The number of phosphoric ester groups is 1. The average molecular weight is 718 g/mol. The zero-order valence-electron chi connectivity index (χ0n) is 32.2. The van der Waals surface area contributed by atoms with E-state index in [0.717, 1.165) is 32.1 Å². The minimum atomic E-state index is -4.28. The Bertz CT molecular complexity index is 767. The van der Waals surface area contributed by atoms with Gasteiger partial charge in [0.1, 0.15) is 6.61 Å². The van der Waals surface area contributed by atoms with Gasteiger partial charge < -0.3 is 20.1 Å². The zero-order valence-corrected chi connectivity index (χ0v) is 33.1. The summed E-state index contributed by atoms with van der Waals surface area (Å²) >= 11 is 0. The van der Waals surface area contributed by atoms with Crippen LogP contribution >= 0.6 is 7.82 Å². The van der Waals surface area contributed by atoms with Gasteiger partial charge in [-0.3, -0.25) is 13.8 Å². The lowest BCUT2D eigenvalue weighted by Crippen LogP contribution is -2.27. The van der Waals surface area contributed by atoms with Crippen molar-refractivity contribution in [1.29, 1.82) is 0 Å². The lowest BCUT2D eigenvalue weighted by Gasteiger charge is -2.19. The topological polar surface area (TPSA) is 117 Å². The molecule has 292 valence electrons. The van der Waals surface area contributed by atoms with Gasteiger partial charge in [0, 0.05) is 13.0 Å². The number of unbranched alkanes of at least 4 members (excludes halogenated alkanes) is 27. The standard InChI is InChI=1S/C40H80NO7P/c1-3-5-7-9-11-13-15-17-18-19-20-21-22-24-26-28-30-32-35-45-37-39(38-47-49(43,44)46-36-34-41)48-40(42)33-31-29-27-25-23-16-14-12-10-8-6-4-2/h32,35,39H,3-31,33-34,36-38,41H2,1-2H3,(H,43,44)/b35-32+/t39-/m0/s1. The SMILES string of the molecule is CCCCCCCCCCCCCCCCCC/C=C/OC[C@@H](COP(=O)(O)OCCN)OC(=O)CCCCCCCCCCCCCC. The molecule has 9 heteroatoms. The Labute approximate surface area is 303 Å². The van der Waals surface area contributed by atoms with Crippen molar-refractivity contribution >= 4 is 13.8 Å². The van der Waals surface area contributed by atoms with Crippen LogP contribution in [0.2, 0.25) is 0 Å². The highest BCUT2D eigenvalue weighted by molar-refractivity contribution is 7.47. The van der Waals surface area contributed by atoms with E-state index < -0.39 is 13.9 Å². The number of nitrogens with two attached hydrogens (primary N) is 1. The smallest absolute Gasteiger partial charge is 0.472 e. The van der Waals surface area contributed by atoms with Gasteiger partial charge in [0.25, 0.3) is 0 Å². The average Bonchev–Trinajstić information content (AvgIpc) is 3.09. The van der Waals surface area contributed by atoms with Crippen LogP contribution in [-0.2, 0) is 27.9 Å². The largest absolute Gasteiger partial charge is 0.498 e. The highest BCUT2D eigenvalue weighted by Gasteiger charge is 2.25. The lowest BCUT2D eigenvalue weighted by atomic mass is 10.0. The summed E-state index contributed by atoms with van der Waals surface area (Å²) in [5, 5.41) is 0. The van der Waals surface area contributed by atoms with E-state index in [1.165, 1.54) is 154 Å². The van der Waals surface area contributed by atoms with Crippen LogP contribution in [0, 0.1) is 0 Å². The highest BCUT2D eigenvalue weighted by Crippen LogP contribution is 2.43. The van der Waals surface area contributed by atoms with Crippen molar-refractivity contribution < 1.29 is 32.8 Å². The molecule has 0 bridgehead atoms. The molecule has 0 radical (unpaired) electrons. The molecule has 0 aromatic carbocycles. The molecule has 0 saturated heterocycles. The Morgan fingerprint density at radius 2 is 1.02 bits per heavy atom. The molecule has 0 spiro atoms. The molecule has 0 heterocycles. The fourth-order valence-corrected chi connectivity index (χ4v) is 6.73. The fourth-order valence-electron chi connectivity index (χ4n) is 5.96. The number of rotatable bonds is 40. The minimum absolute atomic E-state index is 0.0382. The van der Waals surface area contributed by atoms with Crippen LogP contribution in [0.1, 0.15) is 206 Å². The molecule has 0 aromatic heterocycles. The van der Waals surface area contributed by atoms with E-state index in [1.807, 2.05) is 6.08 Å². The van der Waals surface area contributed by atoms with Gasteiger partial charge in [-0.15, -0.1) is 0 Å². The summed E-state index contributed by atoms with van der Waals surface area (Å²) in [5.74, 6) is -0.350. The van der Waals surface area contributed by atoms with Crippen molar-refractivity contribution in [3.8, 4) is 0 Å². The molecule has 0 aromatic rings. The van der Waals surface area contributed by atoms with E-state index in [9.17, 15) is 14.3 Å². The normalized spacial score (nSPS) is 13.6. The quantitative estimate of drug-likeness (QED) is 0.0278. The van der Waals surface area contributed by atoms with Crippen LogP contribution in [0.25, 0.3) is 0 Å². The third-order valence-corrected chi connectivity index (χ3v) is 10.0. The molecular formula is C40H80NO7P. The summed E-state index contributed by atoms with van der Waals surface area (Å²) in [5.41, 5.74) is 5.35. The van der Waals surface area contributed by atoms with Crippen molar-refractivity contribution in [3.05, 3.63) is 12.3 Å². The number of hydrogen-bond acceptors (Lipinski definition) is 7. The molecule has 0 aliphatic heterocycles. The molecule has 0 aliphatic carbocycles. The first-order valence-electron chi connectivity index (χ1n) is 20.7.